The molecule has 1 rings (SSSR count). The average molecular weight is 98.1 g/mol. The van der Waals surface area contributed by atoms with Crippen molar-refractivity contribution in [1.82, 2.24) is 4.67 Å². The Bertz CT molecular complexity index is 140. The molecule has 0 amide bonds. The van der Waals surface area contributed by atoms with E-state index in [0.717, 1.165) is 5.04 Å². The first-order valence-electron chi connectivity index (χ1n) is 1.66. The molecule has 30 valence electrons. The molecule has 0 fully saturated rings. The minimum absolute atomic E-state index is 0.787. The predicted molar refractivity (Wildman–Crippen MR) is 31.3 cm³/mol. The lowest BCUT2D eigenvalue weighted by atomic mass is 10.6. The van der Waals surface area contributed by atoms with E-state index < -0.39 is 0 Å². The normalized spacial score (nSPS) is 15.8. The molecule has 2 heteroatoms. The minimum Gasteiger partial charge on any atom is -0.0854 e. The van der Waals surface area contributed by atoms with Gasteiger partial charge in [-0.1, -0.05) is 17.3 Å². The van der Waals surface area contributed by atoms with E-state index in [2.05, 4.69) is 17.3 Å². The fourth-order valence-corrected chi connectivity index (χ4v) is 0.444. The quantitative estimate of drug-likeness (QED) is 0.324. The van der Waals surface area contributed by atoms with Crippen LogP contribution in [0.5, 0.6) is 0 Å². The molecule has 0 bridgehead atoms. The lowest BCUT2D eigenvalue weighted by Gasteiger charge is -1.50. The van der Waals surface area contributed by atoms with Crippen LogP contribution in [0.4, 0.5) is 0 Å². The van der Waals surface area contributed by atoms with Gasteiger partial charge in [0.05, 0.1) is 0 Å². The molecule has 0 N–H and O–H groups in total. The van der Waals surface area contributed by atoms with Gasteiger partial charge in [-0.2, -0.15) is 0 Å². The van der Waals surface area contributed by atoms with E-state index in [1.807, 2.05) is 12.2 Å². The van der Waals surface area contributed by atoms with Crippen LogP contribution in [0, 0.1) is 0 Å². The molecule has 1 aliphatic rings. The molecule has 0 saturated carbocycles. The standard InChI is InChI=1S/C4H3NS/c6-4-2-1-3-5-4/h1-3H/p+1. The summed E-state index contributed by atoms with van der Waals surface area (Å²) in [4.78, 5) is 0. The minimum atomic E-state index is 0.787. The summed E-state index contributed by atoms with van der Waals surface area (Å²) in [6.07, 6.45) is 5.40. The molecule has 6 heavy (non-hydrogen) atoms. The third kappa shape index (κ3) is 0.534. The van der Waals surface area contributed by atoms with Gasteiger partial charge in [-0.3, -0.25) is 0 Å². The van der Waals surface area contributed by atoms with Crippen LogP contribution in [-0.4, -0.2) is 11.3 Å². The molecular weight excluding hydrogens is 94.1 g/mol. The Morgan fingerprint density at radius 1 is 1.67 bits per heavy atom. The Kier molecular flexibility index (Phi) is 0.825. The van der Waals surface area contributed by atoms with E-state index in [9.17, 15) is 0 Å². The summed E-state index contributed by atoms with van der Waals surface area (Å²) in [5.74, 6) is 0. The van der Waals surface area contributed by atoms with E-state index in [1.165, 1.54) is 0 Å². The number of hydrogen-bond acceptors (Lipinski definition) is 0. The summed E-state index contributed by atoms with van der Waals surface area (Å²) in [5.41, 5.74) is 0. The van der Waals surface area contributed by atoms with Crippen molar-refractivity contribution in [2.75, 3.05) is 0 Å². The molecule has 1 heterocycles. The van der Waals surface area contributed by atoms with Gasteiger partial charge in [0.1, 0.15) is 0 Å². The monoisotopic (exact) mass is 98.0 g/mol. The average Bonchev–Trinajstić information content (AvgIpc) is 1.86. The van der Waals surface area contributed by atoms with Crippen LogP contribution >= 0.6 is 12.6 Å². The number of allylic oxidation sites excluding steroid dienone is 1. The second kappa shape index (κ2) is 1.33. The third-order valence-corrected chi connectivity index (χ3v) is 0.803. The molecule has 0 saturated heterocycles. The Balaban J connectivity index is 2.98. The highest BCUT2D eigenvalue weighted by Crippen LogP contribution is 1.81. The number of hydrogen-bond donors (Lipinski definition) is 1. The molecule has 1 nitrogen and oxygen atoms in total. The van der Waals surface area contributed by atoms with Crippen molar-refractivity contribution in [3.8, 4) is 0 Å². The second-order valence-electron chi connectivity index (χ2n) is 0.995. The van der Waals surface area contributed by atoms with Crippen LogP contribution in [0.1, 0.15) is 0 Å². The topological polar surface area (TPSA) is 14.1 Å². The van der Waals surface area contributed by atoms with Crippen LogP contribution in [-0.2, 0) is 0 Å². The largest absolute Gasteiger partial charge is 0.358 e. The van der Waals surface area contributed by atoms with Crippen LogP contribution in [0.2, 0.25) is 0 Å². The molecule has 1 aliphatic heterocycles. The maximum absolute atomic E-state index is 3.92. The fourth-order valence-electron chi connectivity index (χ4n) is 0.292. The van der Waals surface area contributed by atoms with Crippen LogP contribution in [0.3, 0.4) is 0 Å². The lowest BCUT2D eigenvalue weighted by molar-refractivity contribution is 1.77. The zero-order chi connectivity index (χ0) is 4.41. The van der Waals surface area contributed by atoms with Gasteiger partial charge in [0.25, 0.3) is 6.21 Å². The van der Waals surface area contributed by atoms with E-state index in [0.29, 0.717) is 0 Å². The van der Waals surface area contributed by atoms with E-state index in [-0.39, 0.29) is 0 Å². The molecule has 0 unspecified atom stereocenters. The fraction of sp³-hybridized carbons (Fsp3) is 0. The highest BCUT2D eigenvalue weighted by molar-refractivity contribution is 7.97. The number of rotatable bonds is 0. The Hall–Kier alpha value is -0.460. The van der Waals surface area contributed by atoms with Crippen molar-refractivity contribution < 1.29 is 0 Å². The van der Waals surface area contributed by atoms with Gasteiger partial charge in [-0.15, -0.1) is 0 Å². The van der Waals surface area contributed by atoms with Crippen LogP contribution in [0.25, 0.3) is 0 Å². The van der Waals surface area contributed by atoms with E-state index >= 15 is 0 Å². The van der Waals surface area contributed by atoms with Gasteiger partial charge in [0, 0.05) is 12.2 Å². The Morgan fingerprint density at radius 2 is 2.50 bits per heavy atom. The molecule has 0 spiro atoms. The summed E-state index contributed by atoms with van der Waals surface area (Å²) in [6, 6.07) is 0. The van der Waals surface area contributed by atoms with Crippen molar-refractivity contribution in [1.29, 1.82) is 0 Å². The second-order valence-corrected chi connectivity index (χ2v) is 1.45. The van der Waals surface area contributed by atoms with Crippen LogP contribution in [0.15, 0.2) is 12.2 Å². The molecule has 0 aromatic carbocycles. The molecule has 0 aromatic rings. The Morgan fingerprint density at radius 3 is 2.67 bits per heavy atom. The van der Waals surface area contributed by atoms with Gasteiger partial charge >= 0.3 is 5.04 Å². The predicted octanol–water partition coefficient (Wildman–Crippen LogP) is 0.0225. The summed E-state index contributed by atoms with van der Waals surface area (Å²) in [6.45, 7) is 0. The highest BCUT2D eigenvalue weighted by Gasteiger charge is 1.96. The first-order chi connectivity index (χ1) is 2.89. The van der Waals surface area contributed by atoms with Crippen molar-refractivity contribution in [3.63, 3.8) is 0 Å². The molecular formula is C4H4NS+. The summed E-state index contributed by atoms with van der Waals surface area (Å²) in [5, 5.41) is 0.787. The SMILES string of the molecule is SC1=[N+]=CC=C1. The zero-order valence-electron chi connectivity index (χ0n) is 3.13. The van der Waals surface area contributed by atoms with Gasteiger partial charge in [0.15, 0.2) is 0 Å². The molecule has 0 radical (unpaired) electrons. The zero-order valence-corrected chi connectivity index (χ0v) is 4.02. The van der Waals surface area contributed by atoms with Gasteiger partial charge in [-0.05, 0) is 0 Å². The first-order valence-corrected chi connectivity index (χ1v) is 2.11. The van der Waals surface area contributed by atoms with Gasteiger partial charge < -0.3 is 0 Å². The summed E-state index contributed by atoms with van der Waals surface area (Å²) < 4.78 is 3.78. The van der Waals surface area contributed by atoms with Crippen LogP contribution < -0.4 is 4.67 Å². The Labute approximate surface area is 41.5 Å². The van der Waals surface area contributed by atoms with Crippen molar-refractivity contribution >= 4 is 23.9 Å². The maximum Gasteiger partial charge on any atom is 0.358 e. The summed E-state index contributed by atoms with van der Waals surface area (Å²) in [7, 11) is 0. The van der Waals surface area contributed by atoms with Crippen molar-refractivity contribution in [3.05, 3.63) is 12.2 Å². The van der Waals surface area contributed by atoms with Gasteiger partial charge in [0.2, 0.25) is 0 Å². The number of thiol groups is 1. The van der Waals surface area contributed by atoms with Gasteiger partial charge in [-0.25, -0.2) is 0 Å². The molecule has 0 atom stereocenters. The first kappa shape index (κ1) is 3.72. The molecule has 0 aromatic heterocycles. The van der Waals surface area contributed by atoms with Crippen molar-refractivity contribution in [2.24, 2.45) is 0 Å². The van der Waals surface area contributed by atoms with E-state index in [1.54, 1.807) is 6.21 Å². The third-order valence-electron chi connectivity index (χ3n) is 0.538. The lowest BCUT2D eigenvalue weighted by Crippen LogP contribution is -1.75. The maximum atomic E-state index is 3.92. The van der Waals surface area contributed by atoms with Crippen molar-refractivity contribution in [2.45, 2.75) is 0 Å². The number of nitrogens with zero attached hydrogens (tertiary/aromatic N) is 1. The van der Waals surface area contributed by atoms with E-state index in [4.69, 9.17) is 0 Å². The summed E-state index contributed by atoms with van der Waals surface area (Å²) >= 11 is 3.92. The molecule has 0 aliphatic carbocycles. The highest BCUT2D eigenvalue weighted by atomic mass is 32.1. The smallest absolute Gasteiger partial charge is 0.0854 e.